The molecule has 5 nitrogen and oxygen atoms in total. The Morgan fingerprint density at radius 1 is 1.25 bits per heavy atom. The van der Waals surface area contributed by atoms with E-state index in [1.54, 1.807) is 4.52 Å². The monoisotopic (exact) mass is 212 g/mol. The van der Waals surface area contributed by atoms with E-state index in [1.807, 2.05) is 30.3 Å². The molecule has 0 aliphatic carbocycles. The van der Waals surface area contributed by atoms with Crippen molar-refractivity contribution in [1.29, 1.82) is 0 Å². The summed E-state index contributed by atoms with van der Waals surface area (Å²) in [4.78, 5) is 10.6. The summed E-state index contributed by atoms with van der Waals surface area (Å²) in [5, 5.41) is 12.4. The van der Waals surface area contributed by atoms with Crippen LogP contribution in [0.5, 0.6) is 0 Å². The normalized spacial score (nSPS) is 11.0. The van der Waals surface area contributed by atoms with Crippen LogP contribution in [-0.4, -0.2) is 26.3 Å². The number of carbonyl (C=O) groups excluding carboxylic acids is 1. The van der Waals surface area contributed by atoms with Crippen molar-refractivity contribution in [2.75, 3.05) is 0 Å². The average Bonchev–Trinajstić information content (AvgIpc) is 2.78. The van der Waals surface area contributed by atoms with Gasteiger partial charge in [-0.3, -0.25) is 0 Å². The first-order chi connectivity index (χ1) is 7.90. The molecule has 0 aliphatic rings. The van der Waals surface area contributed by atoms with Crippen LogP contribution in [0, 0.1) is 0 Å². The maximum Gasteiger partial charge on any atom is 0.179 e. The fraction of sp³-hybridized carbons (Fsp3) is 0.0909. The fourth-order valence-electron chi connectivity index (χ4n) is 1.87. The summed E-state index contributed by atoms with van der Waals surface area (Å²) >= 11 is 0. The van der Waals surface area contributed by atoms with E-state index in [0.717, 1.165) is 22.8 Å². The van der Waals surface area contributed by atoms with Gasteiger partial charge in [-0.25, -0.2) is 0 Å². The standard InChI is InChI=1S/C11H8N4O/c16-7-6-8-2-1-3-10-9(8)4-5-11-12-13-14-15(10)11/h1-5,7H,6H2. The van der Waals surface area contributed by atoms with Crippen LogP contribution in [0.2, 0.25) is 0 Å². The average molecular weight is 212 g/mol. The molecular weight excluding hydrogens is 204 g/mol. The van der Waals surface area contributed by atoms with Crippen LogP contribution in [0.25, 0.3) is 16.6 Å². The van der Waals surface area contributed by atoms with Crippen molar-refractivity contribution in [2.24, 2.45) is 0 Å². The largest absolute Gasteiger partial charge is 0.303 e. The summed E-state index contributed by atoms with van der Waals surface area (Å²) in [6.07, 6.45) is 1.31. The minimum atomic E-state index is 0.408. The third-order valence-corrected chi connectivity index (χ3v) is 2.60. The molecule has 0 fully saturated rings. The Balaban J connectivity index is 2.43. The highest BCUT2D eigenvalue weighted by Gasteiger charge is 2.05. The molecule has 3 aromatic rings. The van der Waals surface area contributed by atoms with Gasteiger partial charge in [-0.2, -0.15) is 4.52 Å². The van der Waals surface area contributed by atoms with Crippen molar-refractivity contribution in [3.63, 3.8) is 0 Å². The molecule has 16 heavy (non-hydrogen) atoms. The molecule has 0 atom stereocenters. The second kappa shape index (κ2) is 3.37. The van der Waals surface area contributed by atoms with Gasteiger partial charge in [-0.05, 0) is 34.2 Å². The van der Waals surface area contributed by atoms with E-state index >= 15 is 0 Å². The van der Waals surface area contributed by atoms with Crippen LogP contribution < -0.4 is 0 Å². The van der Waals surface area contributed by atoms with Gasteiger partial charge in [0.05, 0.1) is 5.52 Å². The summed E-state index contributed by atoms with van der Waals surface area (Å²) < 4.78 is 1.67. The topological polar surface area (TPSA) is 60.2 Å². The summed E-state index contributed by atoms with van der Waals surface area (Å²) in [6, 6.07) is 9.57. The fourth-order valence-corrected chi connectivity index (χ4v) is 1.87. The molecule has 1 aromatic carbocycles. The van der Waals surface area contributed by atoms with E-state index in [0.29, 0.717) is 12.1 Å². The van der Waals surface area contributed by atoms with Crippen LogP contribution in [0.3, 0.4) is 0 Å². The Bertz CT molecular complexity index is 674. The Morgan fingerprint density at radius 2 is 2.19 bits per heavy atom. The number of pyridine rings is 1. The molecule has 5 heteroatoms. The number of tetrazole rings is 1. The molecule has 0 aliphatic heterocycles. The molecular formula is C11H8N4O. The lowest BCUT2D eigenvalue weighted by Crippen LogP contribution is -1.94. The Labute approximate surface area is 90.7 Å². The lowest BCUT2D eigenvalue weighted by molar-refractivity contribution is -0.107. The maximum atomic E-state index is 10.6. The van der Waals surface area contributed by atoms with Gasteiger partial charge in [-0.15, -0.1) is 5.10 Å². The van der Waals surface area contributed by atoms with Gasteiger partial charge in [0.1, 0.15) is 6.29 Å². The summed E-state index contributed by atoms with van der Waals surface area (Å²) in [5.74, 6) is 0. The van der Waals surface area contributed by atoms with Crippen molar-refractivity contribution in [3.8, 4) is 0 Å². The molecule has 0 bridgehead atoms. The zero-order chi connectivity index (χ0) is 11.0. The number of hydrogen-bond donors (Lipinski definition) is 0. The molecule has 0 spiro atoms. The SMILES string of the molecule is O=CCc1cccc2c1ccc1nnnn12. The van der Waals surface area contributed by atoms with E-state index in [-0.39, 0.29) is 0 Å². The summed E-state index contributed by atoms with van der Waals surface area (Å²) in [5.41, 5.74) is 2.61. The molecule has 78 valence electrons. The number of nitrogens with zero attached hydrogens (tertiary/aromatic N) is 4. The van der Waals surface area contributed by atoms with Crippen molar-refractivity contribution in [3.05, 3.63) is 35.9 Å². The Hall–Kier alpha value is -2.30. The minimum absolute atomic E-state index is 0.408. The van der Waals surface area contributed by atoms with Crippen molar-refractivity contribution >= 4 is 22.8 Å². The van der Waals surface area contributed by atoms with Crippen molar-refractivity contribution in [1.82, 2.24) is 20.0 Å². The molecule has 0 unspecified atom stereocenters. The quantitative estimate of drug-likeness (QED) is 0.595. The molecule has 2 heterocycles. The van der Waals surface area contributed by atoms with Crippen LogP contribution in [0.1, 0.15) is 5.56 Å². The molecule has 0 saturated heterocycles. The van der Waals surface area contributed by atoms with Gasteiger partial charge in [0.25, 0.3) is 0 Å². The van der Waals surface area contributed by atoms with Gasteiger partial charge < -0.3 is 4.79 Å². The number of rotatable bonds is 2. The molecule has 0 saturated carbocycles. The number of fused-ring (bicyclic) bond motifs is 3. The first-order valence-electron chi connectivity index (χ1n) is 4.92. The van der Waals surface area contributed by atoms with Gasteiger partial charge >= 0.3 is 0 Å². The maximum absolute atomic E-state index is 10.6. The van der Waals surface area contributed by atoms with Gasteiger partial charge in [0, 0.05) is 11.8 Å². The number of benzene rings is 1. The predicted molar refractivity (Wildman–Crippen MR) is 58.1 cm³/mol. The minimum Gasteiger partial charge on any atom is -0.303 e. The smallest absolute Gasteiger partial charge is 0.179 e. The highest BCUT2D eigenvalue weighted by Crippen LogP contribution is 2.19. The van der Waals surface area contributed by atoms with E-state index < -0.39 is 0 Å². The van der Waals surface area contributed by atoms with Crippen molar-refractivity contribution in [2.45, 2.75) is 6.42 Å². The molecule has 0 amide bonds. The first kappa shape index (κ1) is 8.96. The van der Waals surface area contributed by atoms with E-state index in [1.165, 1.54) is 0 Å². The first-order valence-corrected chi connectivity index (χ1v) is 4.92. The van der Waals surface area contributed by atoms with Gasteiger partial charge in [0.15, 0.2) is 5.65 Å². The highest BCUT2D eigenvalue weighted by atomic mass is 16.1. The van der Waals surface area contributed by atoms with Crippen LogP contribution in [-0.2, 0) is 11.2 Å². The molecule has 2 aromatic heterocycles. The van der Waals surface area contributed by atoms with E-state index in [2.05, 4.69) is 15.5 Å². The second-order valence-electron chi connectivity index (χ2n) is 3.50. The number of hydrogen-bond acceptors (Lipinski definition) is 4. The Kier molecular flexibility index (Phi) is 1.89. The third-order valence-electron chi connectivity index (χ3n) is 2.60. The Morgan fingerprint density at radius 3 is 3.06 bits per heavy atom. The zero-order valence-corrected chi connectivity index (χ0v) is 8.37. The van der Waals surface area contributed by atoms with Crippen molar-refractivity contribution < 1.29 is 4.79 Å². The molecule has 0 N–H and O–H groups in total. The number of aromatic nitrogens is 4. The van der Waals surface area contributed by atoms with Crippen LogP contribution >= 0.6 is 0 Å². The summed E-state index contributed by atoms with van der Waals surface area (Å²) in [7, 11) is 0. The van der Waals surface area contributed by atoms with E-state index in [9.17, 15) is 4.79 Å². The number of aldehydes is 1. The summed E-state index contributed by atoms with van der Waals surface area (Å²) in [6.45, 7) is 0. The second-order valence-corrected chi connectivity index (χ2v) is 3.50. The lowest BCUT2D eigenvalue weighted by Gasteiger charge is -2.03. The predicted octanol–water partition coefficient (Wildman–Crippen LogP) is 1.02. The zero-order valence-electron chi connectivity index (χ0n) is 8.37. The molecule has 0 radical (unpaired) electrons. The van der Waals surface area contributed by atoms with Gasteiger partial charge in [-0.1, -0.05) is 12.1 Å². The van der Waals surface area contributed by atoms with Crippen LogP contribution in [0.15, 0.2) is 30.3 Å². The molecule has 3 rings (SSSR count). The van der Waals surface area contributed by atoms with Gasteiger partial charge in [0.2, 0.25) is 0 Å². The highest BCUT2D eigenvalue weighted by molar-refractivity contribution is 5.86. The number of carbonyl (C=O) groups is 1. The van der Waals surface area contributed by atoms with Crippen LogP contribution in [0.4, 0.5) is 0 Å². The third kappa shape index (κ3) is 1.18. The van der Waals surface area contributed by atoms with E-state index in [4.69, 9.17) is 0 Å². The lowest BCUT2D eigenvalue weighted by atomic mass is 10.1.